The number of ether oxygens (including phenoxy) is 3. The van der Waals surface area contributed by atoms with Gasteiger partial charge in [0, 0.05) is 24.6 Å². The van der Waals surface area contributed by atoms with Crippen LogP contribution in [0.3, 0.4) is 0 Å². The SMILES string of the molecule is COCCOc1ncccc1NC(=O)c1ccc(OCC(=O)Nc2cccc(C(F)(F)F)c2)cc1. The Hall–Kier alpha value is -4.12. The van der Waals surface area contributed by atoms with Crippen LogP contribution in [0, 0.1) is 0 Å². The Kier molecular flexibility index (Phi) is 8.63. The number of rotatable bonds is 10. The molecule has 0 bridgehead atoms. The highest BCUT2D eigenvalue weighted by Crippen LogP contribution is 2.30. The molecule has 0 saturated carbocycles. The molecule has 1 aromatic heterocycles. The maximum absolute atomic E-state index is 12.8. The Morgan fingerprint density at radius 3 is 2.43 bits per heavy atom. The zero-order chi connectivity index (χ0) is 25.3. The van der Waals surface area contributed by atoms with Crippen LogP contribution in [0.1, 0.15) is 15.9 Å². The lowest BCUT2D eigenvalue weighted by atomic mass is 10.2. The number of benzene rings is 2. The molecule has 0 aliphatic carbocycles. The summed E-state index contributed by atoms with van der Waals surface area (Å²) in [5.41, 5.74) is -0.163. The van der Waals surface area contributed by atoms with Gasteiger partial charge in [0.15, 0.2) is 6.61 Å². The van der Waals surface area contributed by atoms with E-state index < -0.39 is 30.2 Å². The summed E-state index contributed by atoms with van der Waals surface area (Å²) >= 11 is 0. The van der Waals surface area contributed by atoms with Gasteiger partial charge >= 0.3 is 6.18 Å². The molecule has 2 amide bonds. The monoisotopic (exact) mass is 489 g/mol. The van der Waals surface area contributed by atoms with Gasteiger partial charge in [0.2, 0.25) is 5.88 Å². The van der Waals surface area contributed by atoms with Crippen molar-refractivity contribution in [2.24, 2.45) is 0 Å². The molecule has 0 atom stereocenters. The first-order valence-corrected chi connectivity index (χ1v) is 10.3. The molecule has 184 valence electrons. The fourth-order valence-corrected chi connectivity index (χ4v) is 2.84. The molecule has 0 aliphatic rings. The van der Waals surface area contributed by atoms with Crippen LogP contribution in [-0.2, 0) is 15.7 Å². The van der Waals surface area contributed by atoms with Gasteiger partial charge in [0.05, 0.1) is 12.2 Å². The number of halogens is 3. The Bertz CT molecular complexity index is 1150. The van der Waals surface area contributed by atoms with Gasteiger partial charge in [-0.05, 0) is 54.6 Å². The zero-order valence-electron chi connectivity index (χ0n) is 18.6. The van der Waals surface area contributed by atoms with Gasteiger partial charge in [0.25, 0.3) is 11.8 Å². The van der Waals surface area contributed by atoms with E-state index in [1.165, 1.54) is 42.6 Å². The van der Waals surface area contributed by atoms with Crippen LogP contribution in [0.4, 0.5) is 24.5 Å². The molecule has 11 heteroatoms. The molecule has 0 unspecified atom stereocenters. The number of amides is 2. The maximum Gasteiger partial charge on any atom is 0.416 e. The standard InChI is InChI=1S/C24H22F3N3O5/c1-33-12-13-34-23-20(6-3-11-28-23)30-22(32)16-7-9-19(10-8-16)35-15-21(31)29-18-5-2-4-17(14-18)24(25,26)27/h2-11,14H,12-13,15H2,1H3,(H,29,31)(H,30,32). The number of hydrogen-bond donors (Lipinski definition) is 2. The van der Waals surface area contributed by atoms with E-state index in [0.717, 1.165) is 12.1 Å². The molecular weight excluding hydrogens is 467 g/mol. The summed E-state index contributed by atoms with van der Waals surface area (Å²) in [4.78, 5) is 28.7. The zero-order valence-corrected chi connectivity index (χ0v) is 18.6. The first-order valence-electron chi connectivity index (χ1n) is 10.3. The van der Waals surface area contributed by atoms with E-state index in [1.807, 2.05) is 0 Å². The topological polar surface area (TPSA) is 98.8 Å². The highest BCUT2D eigenvalue weighted by Gasteiger charge is 2.30. The molecule has 3 rings (SSSR count). The molecule has 0 fully saturated rings. The molecule has 1 heterocycles. The summed E-state index contributed by atoms with van der Waals surface area (Å²) in [6.45, 7) is 0.201. The molecule has 0 spiro atoms. The predicted octanol–water partition coefficient (Wildman–Crippen LogP) is 4.40. The van der Waals surface area contributed by atoms with Crippen LogP contribution < -0.4 is 20.1 Å². The van der Waals surface area contributed by atoms with E-state index in [0.29, 0.717) is 23.6 Å². The summed E-state index contributed by atoms with van der Waals surface area (Å²) in [6, 6.07) is 13.6. The number of methoxy groups -OCH3 is 1. The smallest absolute Gasteiger partial charge is 0.416 e. The van der Waals surface area contributed by atoms with Crippen LogP contribution in [0.2, 0.25) is 0 Å². The van der Waals surface area contributed by atoms with Gasteiger partial charge in [-0.15, -0.1) is 0 Å². The van der Waals surface area contributed by atoms with Crippen molar-refractivity contribution in [1.29, 1.82) is 0 Å². The summed E-state index contributed by atoms with van der Waals surface area (Å²) in [5, 5.41) is 5.06. The summed E-state index contributed by atoms with van der Waals surface area (Å²) < 4.78 is 54.1. The minimum absolute atomic E-state index is 0.00131. The van der Waals surface area contributed by atoms with Crippen molar-refractivity contribution in [1.82, 2.24) is 4.98 Å². The summed E-state index contributed by atoms with van der Waals surface area (Å²) in [5.74, 6) is -0.498. The molecule has 2 N–H and O–H groups in total. The second-order valence-electron chi connectivity index (χ2n) is 7.09. The second kappa shape index (κ2) is 11.8. The van der Waals surface area contributed by atoms with Crippen LogP contribution in [0.5, 0.6) is 11.6 Å². The number of nitrogens with zero attached hydrogens (tertiary/aromatic N) is 1. The van der Waals surface area contributed by atoms with Crippen molar-refractivity contribution in [2.45, 2.75) is 6.18 Å². The minimum Gasteiger partial charge on any atom is -0.484 e. The molecule has 35 heavy (non-hydrogen) atoms. The van der Waals surface area contributed by atoms with Crippen molar-refractivity contribution >= 4 is 23.2 Å². The third-order valence-corrected chi connectivity index (χ3v) is 4.51. The van der Waals surface area contributed by atoms with Crippen molar-refractivity contribution in [3.63, 3.8) is 0 Å². The van der Waals surface area contributed by atoms with Crippen molar-refractivity contribution in [2.75, 3.05) is 37.6 Å². The van der Waals surface area contributed by atoms with E-state index in [4.69, 9.17) is 14.2 Å². The number of nitrogens with one attached hydrogen (secondary N) is 2. The largest absolute Gasteiger partial charge is 0.484 e. The van der Waals surface area contributed by atoms with Crippen LogP contribution in [0.15, 0.2) is 66.9 Å². The van der Waals surface area contributed by atoms with Crippen LogP contribution in [-0.4, -0.2) is 43.7 Å². The number of aromatic nitrogens is 1. The van der Waals surface area contributed by atoms with E-state index >= 15 is 0 Å². The fraction of sp³-hybridized carbons (Fsp3) is 0.208. The highest BCUT2D eigenvalue weighted by molar-refractivity contribution is 6.04. The lowest BCUT2D eigenvalue weighted by Gasteiger charge is -2.12. The minimum atomic E-state index is -4.51. The Labute approximate surface area is 199 Å². The Morgan fingerprint density at radius 1 is 0.943 bits per heavy atom. The van der Waals surface area contributed by atoms with Gasteiger partial charge in [-0.3, -0.25) is 9.59 Å². The Morgan fingerprint density at radius 2 is 1.71 bits per heavy atom. The molecule has 3 aromatic rings. The quantitative estimate of drug-likeness (QED) is 0.410. The number of alkyl halides is 3. The molecule has 0 saturated heterocycles. The van der Waals surface area contributed by atoms with Crippen LogP contribution in [0.25, 0.3) is 0 Å². The number of anilines is 2. The number of pyridine rings is 1. The van der Waals surface area contributed by atoms with Gasteiger partial charge in [-0.25, -0.2) is 4.98 Å². The average Bonchev–Trinajstić information content (AvgIpc) is 2.84. The van der Waals surface area contributed by atoms with Crippen LogP contribution >= 0.6 is 0 Å². The van der Waals surface area contributed by atoms with Gasteiger partial charge in [-0.1, -0.05) is 6.07 Å². The maximum atomic E-state index is 12.8. The van der Waals surface area contributed by atoms with E-state index in [9.17, 15) is 22.8 Å². The number of carbonyl (C=O) groups is 2. The van der Waals surface area contributed by atoms with Gasteiger partial charge in [-0.2, -0.15) is 13.2 Å². The molecule has 0 radical (unpaired) electrons. The number of carbonyl (C=O) groups excluding carboxylic acids is 2. The lowest BCUT2D eigenvalue weighted by molar-refractivity contribution is -0.137. The summed E-state index contributed by atoms with van der Waals surface area (Å²) in [6.07, 6.45) is -2.98. The van der Waals surface area contributed by atoms with E-state index in [-0.39, 0.29) is 18.2 Å². The summed E-state index contributed by atoms with van der Waals surface area (Å²) in [7, 11) is 1.54. The third kappa shape index (κ3) is 7.71. The molecule has 2 aromatic carbocycles. The number of hydrogen-bond acceptors (Lipinski definition) is 6. The van der Waals surface area contributed by atoms with Gasteiger partial charge in [0.1, 0.15) is 18.0 Å². The first kappa shape index (κ1) is 25.5. The highest BCUT2D eigenvalue weighted by atomic mass is 19.4. The van der Waals surface area contributed by atoms with Gasteiger partial charge < -0.3 is 24.8 Å². The second-order valence-corrected chi connectivity index (χ2v) is 7.09. The predicted molar refractivity (Wildman–Crippen MR) is 122 cm³/mol. The van der Waals surface area contributed by atoms with Crippen molar-refractivity contribution in [3.05, 3.63) is 78.0 Å². The van der Waals surface area contributed by atoms with E-state index in [2.05, 4.69) is 15.6 Å². The normalized spacial score (nSPS) is 11.0. The molecule has 0 aliphatic heterocycles. The van der Waals surface area contributed by atoms with E-state index in [1.54, 1.807) is 19.2 Å². The van der Waals surface area contributed by atoms with Crippen molar-refractivity contribution in [3.8, 4) is 11.6 Å². The third-order valence-electron chi connectivity index (χ3n) is 4.51. The molecular formula is C24H22F3N3O5. The Balaban J connectivity index is 1.53. The van der Waals surface area contributed by atoms with Crippen molar-refractivity contribution < 1.29 is 37.0 Å². The first-order chi connectivity index (χ1) is 16.8. The lowest BCUT2D eigenvalue weighted by Crippen LogP contribution is -2.20. The fourth-order valence-electron chi connectivity index (χ4n) is 2.84. The molecule has 8 nitrogen and oxygen atoms in total. The average molecular weight is 489 g/mol.